The van der Waals surface area contributed by atoms with Crippen LogP contribution in [0.2, 0.25) is 0 Å². The molecule has 0 saturated carbocycles. The topological polar surface area (TPSA) is 59.4 Å². The zero-order chi connectivity index (χ0) is 16.6. The number of benzene rings is 1. The quantitative estimate of drug-likeness (QED) is 0.881. The predicted molar refractivity (Wildman–Crippen MR) is 91.7 cm³/mol. The van der Waals surface area contributed by atoms with Gasteiger partial charge in [0.05, 0.1) is 19.0 Å². The van der Waals surface area contributed by atoms with Crippen molar-refractivity contribution in [3.05, 3.63) is 54.6 Å². The van der Waals surface area contributed by atoms with Gasteiger partial charge in [0.15, 0.2) is 0 Å². The Bertz CT molecular complexity index is 615. The molecule has 0 radical (unpaired) electrons. The number of hydrogen-bond donors (Lipinski definition) is 1. The van der Waals surface area contributed by atoms with Crippen LogP contribution in [-0.2, 0) is 17.7 Å². The maximum Gasteiger partial charge on any atom is 0.317 e. The maximum absolute atomic E-state index is 12.3. The number of aromatic nitrogens is 2. The first kappa shape index (κ1) is 16.5. The van der Waals surface area contributed by atoms with Crippen molar-refractivity contribution in [2.24, 2.45) is 0 Å². The van der Waals surface area contributed by atoms with E-state index in [0.717, 1.165) is 19.4 Å². The number of carbonyl (C=O) groups is 1. The molecule has 6 heteroatoms. The maximum atomic E-state index is 12.3. The predicted octanol–water partition coefficient (Wildman–Crippen LogP) is 1.93. The van der Waals surface area contributed by atoms with Gasteiger partial charge in [-0.05, 0) is 18.4 Å². The molecule has 0 aliphatic carbocycles. The molecule has 0 bridgehead atoms. The van der Waals surface area contributed by atoms with Crippen LogP contribution in [0.1, 0.15) is 12.0 Å². The van der Waals surface area contributed by atoms with E-state index in [0.29, 0.717) is 26.2 Å². The summed E-state index contributed by atoms with van der Waals surface area (Å²) < 4.78 is 7.76. The van der Waals surface area contributed by atoms with Gasteiger partial charge < -0.3 is 19.5 Å². The Labute approximate surface area is 142 Å². The molecule has 2 heterocycles. The first-order valence-electron chi connectivity index (χ1n) is 8.45. The molecule has 1 aliphatic rings. The summed E-state index contributed by atoms with van der Waals surface area (Å²) in [5.41, 5.74) is 1.31. The second kappa shape index (κ2) is 8.49. The highest BCUT2D eigenvalue weighted by molar-refractivity contribution is 5.74. The average molecular weight is 328 g/mol. The minimum atomic E-state index is -0.0110. The fraction of sp³-hybridized carbons (Fsp3) is 0.444. The molecule has 1 aromatic heterocycles. The van der Waals surface area contributed by atoms with Crippen molar-refractivity contribution in [3.63, 3.8) is 0 Å². The number of imidazole rings is 1. The Morgan fingerprint density at radius 1 is 1.33 bits per heavy atom. The minimum Gasteiger partial charge on any atom is -0.375 e. The molecule has 24 heavy (non-hydrogen) atoms. The lowest BCUT2D eigenvalue weighted by Gasteiger charge is -2.33. The molecule has 1 saturated heterocycles. The monoisotopic (exact) mass is 328 g/mol. The van der Waals surface area contributed by atoms with Gasteiger partial charge in [-0.2, -0.15) is 0 Å². The average Bonchev–Trinajstić information content (AvgIpc) is 3.14. The molecule has 1 atom stereocenters. The van der Waals surface area contributed by atoms with E-state index in [9.17, 15) is 4.79 Å². The molecule has 2 aromatic rings. The first-order valence-corrected chi connectivity index (χ1v) is 8.45. The summed E-state index contributed by atoms with van der Waals surface area (Å²) in [6.07, 6.45) is 7.39. The largest absolute Gasteiger partial charge is 0.375 e. The number of hydrogen-bond acceptors (Lipinski definition) is 3. The van der Waals surface area contributed by atoms with Crippen LogP contribution in [0, 0.1) is 0 Å². The van der Waals surface area contributed by atoms with Gasteiger partial charge in [-0.3, -0.25) is 0 Å². The van der Waals surface area contributed by atoms with E-state index in [1.54, 1.807) is 12.5 Å². The van der Waals surface area contributed by atoms with Crippen LogP contribution in [0.4, 0.5) is 4.79 Å². The van der Waals surface area contributed by atoms with Crippen LogP contribution in [0.3, 0.4) is 0 Å². The summed E-state index contributed by atoms with van der Waals surface area (Å²) in [5.74, 6) is 0. The van der Waals surface area contributed by atoms with E-state index in [4.69, 9.17) is 4.74 Å². The summed E-state index contributed by atoms with van der Waals surface area (Å²) >= 11 is 0. The van der Waals surface area contributed by atoms with Crippen LogP contribution >= 0.6 is 0 Å². The molecule has 1 aromatic carbocycles. The Kier molecular flexibility index (Phi) is 5.85. The van der Waals surface area contributed by atoms with Crippen molar-refractivity contribution in [3.8, 4) is 0 Å². The highest BCUT2D eigenvalue weighted by Gasteiger charge is 2.23. The smallest absolute Gasteiger partial charge is 0.317 e. The lowest BCUT2D eigenvalue weighted by Crippen LogP contribution is -2.50. The zero-order valence-electron chi connectivity index (χ0n) is 13.8. The number of aryl methyl sites for hydroxylation is 1. The SMILES string of the molecule is O=C(NCCn1ccnc1)N1CCO[C@H](CCc2ccccc2)C1. The van der Waals surface area contributed by atoms with Crippen molar-refractivity contribution < 1.29 is 9.53 Å². The van der Waals surface area contributed by atoms with Gasteiger partial charge in [-0.15, -0.1) is 0 Å². The first-order chi connectivity index (χ1) is 11.8. The summed E-state index contributed by atoms with van der Waals surface area (Å²) in [4.78, 5) is 18.1. The number of urea groups is 1. The van der Waals surface area contributed by atoms with Gasteiger partial charge in [0.1, 0.15) is 0 Å². The van der Waals surface area contributed by atoms with Crippen LogP contribution in [0.5, 0.6) is 0 Å². The third kappa shape index (κ3) is 4.83. The molecule has 0 spiro atoms. The van der Waals surface area contributed by atoms with Crippen LogP contribution in [0.25, 0.3) is 0 Å². The fourth-order valence-electron chi connectivity index (χ4n) is 2.87. The molecular formula is C18H24N4O2. The number of ether oxygens (including phenoxy) is 1. The second-order valence-corrected chi connectivity index (χ2v) is 6.00. The number of amides is 2. The van der Waals surface area contributed by atoms with Gasteiger partial charge in [-0.25, -0.2) is 9.78 Å². The van der Waals surface area contributed by atoms with Gasteiger partial charge >= 0.3 is 6.03 Å². The van der Waals surface area contributed by atoms with Gasteiger partial charge in [0.2, 0.25) is 0 Å². The molecule has 1 N–H and O–H groups in total. The highest BCUT2D eigenvalue weighted by Crippen LogP contribution is 2.12. The normalized spacial score (nSPS) is 17.7. The van der Waals surface area contributed by atoms with Crippen molar-refractivity contribution in [1.82, 2.24) is 19.8 Å². The summed E-state index contributed by atoms with van der Waals surface area (Å²) in [7, 11) is 0. The molecule has 128 valence electrons. The van der Waals surface area contributed by atoms with Crippen molar-refractivity contribution in [1.29, 1.82) is 0 Å². The molecule has 1 aliphatic heterocycles. The number of rotatable bonds is 6. The van der Waals surface area contributed by atoms with Crippen molar-refractivity contribution in [2.75, 3.05) is 26.2 Å². The Morgan fingerprint density at radius 3 is 3.00 bits per heavy atom. The molecular weight excluding hydrogens is 304 g/mol. The number of nitrogens with zero attached hydrogens (tertiary/aromatic N) is 3. The Balaban J connectivity index is 1.40. The van der Waals surface area contributed by atoms with Crippen LogP contribution < -0.4 is 5.32 Å². The summed E-state index contributed by atoms with van der Waals surface area (Å²) in [6.45, 7) is 3.24. The summed E-state index contributed by atoms with van der Waals surface area (Å²) in [5, 5.41) is 2.97. The molecule has 3 rings (SSSR count). The Morgan fingerprint density at radius 2 is 2.21 bits per heavy atom. The van der Waals surface area contributed by atoms with Crippen LogP contribution in [-0.4, -0.2) is 52.8 Å². The standard InChI is InChI=1S/C18H24N4O2/c23-18(20-9-11-21-10-8-19-15-21)22-12-13-24-17(14-22)7-6-16-4-2-1-3-5-16/h1-5,8,10,15,17H,6-7,9,11-14H2,(H,20,23)/t17-/m1/s1. The highest BCUT2D eigenvalue weighted by atomic mass is 16.5. The number of carbonyl (C=O) groups excluding carboxylic acids is 1. The van der Waals surface area contributed by atoms with Gasteiger partial charge in [-0.1, -0.05) is 30.3 Å². The van der Waals surface area contributed by atoms with E-state index < -0.39 is 0 Å². The lowest BCUT2D eigenvalue weighted by atomic mass is 10.1. The molecule has 0 unspecified atom stereocenters. The third-order valence-electron chi connectivity index (χ3n) is 4.23. The molecule has 1 fully saturated rings. The van der Waals surface area contributed by atoms with E-state index in [1.165, 1.54) is 5.56 Å². The summed E-state index contributed by atoms with van der Waals surface area (Å²) in [6, 6.07) is 10.4. The van der Waals surface area contributed by atoms with Gasteiger partial charge in [0.25, 0.3) is 0 Å². The van der Waals surface area contributed by atoms with E-state index >= 15 is 0 Å². The minimum absolute atomic E-state index is 0.0110. The zero-order valence-corrected chi connectivity index (χ0v) is 13.8. The van der Waals surface area contributed by atoms with E-state index in [-0.39, 0.29) is 12.1 Å². The van der Waals surface area contributed by atoms with Crippen LogP contribution in [0.15, 0.2) is 49.1 Å². The van der Waals surface area contributed by atoms with Gasteiger partial charge in [0, 0.05) is 38.6 Å². The fourth-order valence-corrected chi connectivity index (χ4v) is 2.87. The molecule has 6 nitrogen and oxygen atoms in total. The lowest BCUT2D eigenvalue weighted by molar-refractivity contribution is -0.0176. The molecule has 2 amide bonds. The van der Waals surface area contributed by atoms with E-state index in [2.05, 4.69) is 34.6 Å². The number of nitrogens with one attached hydrogen (secondary N) is 1. The third-order valence-corrected chi connectivity index (χ3v) is 4.23. The second-order valence-electron chi connectivity index (χ2n) is 6.00. The van der Waals surface area contributed by atoms with Crippen molar-refractivity contribution in [2.45, 2.75) is 25.5 Å². The Hall–Kier alpha value is -2.34. The number of morpholine rings is 1. The van der Waals surface area contributed by atoms with Crippen molar-refractivity contribution >= 4 is 6.03 Å². The van der Waals surface area contributed by atoms with E-state index in [1.807, 2.05) is 21.7 Å².